The van der Waals surface area contributed by atoms with E-state index in [0.717, 1.165) is 11.6 Å². The smallest absolute Gasteiger partial charge is 0.342 e. The standard InChI is InChI=1S/C20H20F4N2O3S/c21-18-7-6-16(11-17(18)20(22,23)24)30(28,29)25-12-15-10-19(27)26(13-15)9-8-14-4-2-1-3-5-14/h1-7,11,15,25H,8-10,12-13H2. The van der Waals surface area contributed by atoms with Crippen LogP contribution in [0, 0.1) is 11.7 Å². The van der Waals surface area contributed by atoms with Crippen LogP contribution in [0.3, 0.4) is 0 Å². The van der Waals surface area contributed by atoms with Crippen LogP contribution >= 0.6 is 0 Å². The van der Waals surface area contributed by atoms with Crippen LogP contribution in [0.4, 0.5) is 17.6 Å². The van der Waals surface area contributed by atoms with E-state index in [4.69, 9.17) is 0 Å². The number of hydrogen-bond donors (Lipinski definition) is 1. The molecule has 1 N–H and O–H groups in total. The van der Waals surface area contributed by atoms with Gasteiger partial charge in [0.15, 0.2) is 0 Å². The third-order valence-corrected chi connectivity index (χ3v) is 6.34. The first kappa shape index (κ1) is 22.2. The summed E-state index contributed by atoms with van der Waals surface area (Å²) in [5, 5.41) is 0. The SMILES string of the molecule is O=C1CC(CNS(=O)(=O)c2ccc(F)c(C(F)(F)F)c2)CN1CCc1ccccc1. The van der Waals surface area contributed by atoms with Crippen LogP contribution in [-0.2, 0) is 27.4 Å². The largest absolute Gasteiger partial charge is 0.419 e. The molecule has 0 bridgehead atoms. The van der Waals surface area contributed by atoms with Gasteiger partial charge in [-0.25, -0.2) is 17.5 Å². The summed E-state index contributed by atoms with van der Waals surface area (Å²) in [7, 11) is -4.28. The maximum absolute atomic E-state index is 13.4. The van der Waals surface area contributed by atoms with Gasteiger partial charge in [-0.3, -0.25) is 4.79 Å². The summed E-state index contributed by atoms with van der Waals surface area (Å²) in [5.41, 5.74) is -0.570. The Morgan fingerprint density at radius 1 is 1.10 bits per heavy atom. The number of halogens is 4. The van der Waals surface area contributed by atoms with Crippen LogP contribution < -0.4 is 4.72 Å². The van der Waals surface area contributed by atoms with E-state index < -0.39 is 32.5 Å². The maximum Gasteiger partial charge on any atom is 0.419 e. The molecule has 1 heterocycles. The number of benzene rings is 2. The van der Waals surface area contributed by atoms with E-state index in [1.807, 2.05) is 30.3 Å². The number of rotatable bonds is 7. The minimum absolute atomic E-state index is 0.101. The van der Waals surface area contributed by atoms with Crippen molar-refractivity contribution < 1.29 is 30.8 Å². The van der Waals surface area contributed by atoms with E-state index in [0.29, 0.717) is 25.6 Å². The lowest BCUT2D eigenvalue weighted by Crippen LogP contribution is -2.32. The van der Waals surface area contributed by atoms with Gasteiger partial charge in [0.1, 0.15) is 5.82 Å². The minimum atomic E-state index is -5.01. The van der Waals surface area contributed by atoms with Gasteiger partial charge in [0, 0.05) is 26.1 Å². The molecule has 1 amide bonds. The highest BCUT2D eigenvalue weighted by Crippen LogP contribution is 2.32. The number of nitrogens with one attached hydrogen (secondary N) is 1. The fourth-order valence-corrected chi connectivity index (χ4v) is 4.46. The highest BCUT2D eigenvalue weighted by atomic mass is 32.2. The predicted molar refractivity (Wildman–Crippen MR) is 101 cm³/mol. The molecule has 0 aromatic heterocycles. The lowest BCUT2D eigenvalue weighted by atomic mass is 10.1. The summed E-state index contributed by atoms with van der Waals surface area (Å²) in [6.45, 7) is 0.749. The molecule has 0 radical (unpaired) electrons. The fourth-order valence-electron chi connectivity index (χ4n) is 3.32. The van der Waals surface area contributed by atoms with Crippen molar-refractivity contribution in [1.82, 2.24) is 9.62 Å². The summed E-state index contributed by atoms with van der Waals surface area (Å²) in [6.07, 6.45) is -4.19. The Kier molecular flexibility index (Phi) is 6.47. The molecule has 3 rings (SSSR count). The van der Waals surface area contributed by atoms with E-state index in [2.05, 4.69) is 4.72 Å². The lowest BCUT2D eigenvalue weighted by molar-refractivity contribution is -0.140. The van der Waals surface area contributed by atoms with E-state index in [-0.39, 0.29) is 30.9 Å². The molecule has 1 atom stereocenters. The highest BCUT2D eigenvalue weighted by Gasteiger charge is 2.36. The van der Waals surface area contributed by atoms with Gasteiger partial charge in [-0.1, -0.05) is 30.3 Å². The van der Waals surface area contributed by atoms with Crippen molar-refractivity contribution in [1.29, 1.82) is 0 Å². The van der Waals surface area contributed by atoms with Crippen LogP contribution in [0.25, 0.3) is 0 Å². The zero-order valence-electron chi connectivity index (χ0n) is 15.8. The Morgan fingerprint density at radius 2 is 1.80 bits per heavy atom. The molecule has 162 valence electrons. The Balaban J connectivity index is 1.59. The summed E-state index contributed by atoms with van der Waals surface area (Å²) in [6, 6.07) is 11.1. The molecule has 1 unspecified atom stereocenters. The van der Waals surface area contributed by atoms with Crippen LogP contribution in [0.1, 0.15) is 17.5 Å². The van der Waals surface area contributed by atoms with E-state index in [1.165, 1.54) is 0 Å². The van der Waals surface area contributed by atoms with Crippen molar-refractivity contribution in [3.8, 4) is 0 Å². The van der Waals surface area contributed by atoms with Crippen LogP contribution in [0.15, 0.2) is 53.4 Å². The second-order valence-electron chi connectivity index (χ2n) is 7.14. The summed E-state index contributed by atoms with van der Waals surface area (Å²) < 4.78 is 78.8. The number of sulfonamides is 1. The van der Waals surface area contributed by atoms with E-state index >= 15 is 0 Å². The van der Waals surface area contributed by atoms with Crippen LogP contribution in [0.5, 0.6) is 0 Å². The first-order valence-corrected chi connectivity index (χ1v) is 10.7. The number of nitrogens with zero attached hydrogens (tertiary/aromatic N) is 1. The van der Waals surface area contributed by atoms with Crippen LogP contribution in [-0.4, -0.2) is 38.9 Å². The van der Waals surface area contributed by atoms with Crippen LogP contribution in [0.2, 0.25) is 0 Å². The molecule has 1 aliphatic heterocycles. The monoisotopic (exact) mass is 444 g/mol. The average molecular weight is 444 g/mol. The first-order chi connectivity index (χ1) is 14.1. The zero-order valence-corrected chi connectivity index (χ0v) is 16.6. The fraction of sp³-hybridized carbons (Fsp3) is 0.350. The van der Waals surface area contributed by atoms with Gasteiger partial charge in [-0.05, 0) is 36.1 Å². The molecule has 1 saturated heterocycles. The van der Waals surface area contributed by atoms with E-state index in [9.17, 15) is 30.8 Å². The van der Waals surface area contributed by atoms with Gasteiger partial charge >= 0.3 is 6.18 Å². The Bertz CT molecular complexity index is 1010. The predicted octanol–water partition coefficient (Wildman–Crippen LogP) is 3.21. The molecular weight excluding hydrogens is 424 g/mol. The topological polar surface area (TPSA) is 66.5 Å². The number of likely N-dealkylation sites (tertiary alicyclic amines) is 1. The third-order valence-electron chi connectivity index (χ3n) is 4.92. The third kappa shape index (κ3) is 5.37. The Hall–Kier alpha value is -2.46. The van der Waals surface area contributed by atoms with Gasteiger partial charge in [0.25, 0.3) is 0 Å². The van der Waals surface area contributed by atoms with Crippen molar-refractivity contribution in [2.45, 2.75) is 23.9 Å². The molecule has 0 aliphatic carbocycles. The molecule has 0 spiro atoms. The molecule has 0 saturated carbocycles. The second-order valence-corrected chi connectivity index (χ2v) is 8.90. The number of alkyl halides is 3. The first-order valence-electron chi connectivity index (χ1n) is 9.24. The number of hydrogen-bond acceptors (Lipinski definition) is 3. The molecule has 1 aliphatic rings. The summed E-state index contributed by atoms with van der Waals surface area (Å²) in [5.74, 6) is -1.95. The van der Waals surface area contributed by atoms with Crippen molar-refractivity contribution in [2.24, 2.45) is 5.92 Å². The lowest BCUT2D eigenvalue weighted by Gasteiger charge is -2.17. The molecular formula is C20H20F4N2O3S. The van der Waals surface area contributed by atoms with Gasteiger partial charge < -0.3 is 4.90 Å². The van der Waals surface area contributed by atoms with Crippen molar-refractivity contribution >= 4 is 15.9 Å². The second kappa shape index (κ2) is 8.73. The van der Waals surface area contributed by atoms with Gasteiger partial charge in [-0.2, -0.15) is 13.2 Å². The van der Waals surface area contributed by atoms with E-state index in [1.54, 1.807) is 4.90 Å². The molecule has 2 aromatic rings. The van der Waals surface area contributed by atoms with Crippen molar-refractivity contribution in [2.75, 3.05) is 19.6 Å². The Labute approximate surface area is 171 Å². The minimum Gasteiger partial charge on any atom is -0.342 e. The number of carbonyl (C=O) groups excluding carboxylic acids is 1. The summed E-state index contributed by atoms with van der Waals surface area (Å²) >= 11 is 0. The van der Waals surface area contributed by atoms with Crippen molar-refractivity contribution in [3.05, 3.63) is 65.5 Å². The van der Waals surface area contributed by atoms with Gasteiger partial charge in [0.05, 0.1) is 10.5 Å². The molecule has 1 fully saturated rings. The van der Waals surface area contributed by atoms with Crippen molar-refractivity contribution in [3.63, 3.8) is 0 Å². The quantitative estimate of drug-likeness (QED) is 0.667. The number of amides is 1. The highest BCUT2D eigenvalue weighted by molar-refractivity contribution is 7.89. The maximum atomic E-state index is 13.4. The molecule has 2 aromatic carbocycles. The molecule has 30 heavy (non-hydrogen) atoms. The normalized spacial score (nSPS) is 17.5. The van der Waals surface area contributed by atoms with Gasteiger partial charge in [-0.15, -0.1) is 0 Å². The Morgan fingerprint density at radius 3 is 2.47 bits per heavy atom. The molecule has 10 heteroatoms. The zero-order chi connectivity index (χ0) is 21.9. The number of carbonyl (C=O) groups is 1. The average Bonchev–Trinajstić information content (AvgIpc) is 3.05. The summed E-state index contributed by atoms with van der Waals surface area (Å²) in [4.78, 5) is 13.1. The van der Waals surface area contributed by atoms with Gasteiger partial charge in [0.2, 0.25) is 15.9 Å². The molecule has 5 nitrogen and oxygen atoms in total.